The summed E-state index contributed by atoms with van der Waals surface area (Å²) in [6.07, 6.45) is 10.9. The zero-order valence-corrected chi connectivity index (χ0v) is 72.9. The average Bonchev–Trinajstić information content (AvgIpc) is 1.57. The zero-order valence-electron chi connectivity index (χ0n) is 72.9. The Hall–Kier alpha value is -18.7. The number of furan rings is 2. The van der Waals surface area contributed by atoms with Gasteiger partial charge in [0.1, 0.15) is 22.8 Å². The number of pyridine rings is 6. The molecule has 0 bridgehead atoms. The normalized spacial score (nSPS) is 11.5. The van der Waals surface area contributed by atoms with Crippen LogP contribution in [0, 0.1) is 0 Å². The van der Waals surface area contributed by atoms with E-state index >= 15 is 0 Å². The van der Waals surface area contributed by atoms with Crippen LogP contribution >= 0.6 is 0 Å². The maximum absolute atomic E-state index is 6.88. The summed E-state index contributed by atoms with van der Waals surface area (Å²) in [7, 11) is 0. The van der Waals surface area contributed by atoms with E-state index in [9.17, 15) is 0 Å². The first-order valence-corrected chi connectivity index (χ1v) is 45.1. The molecule has 0 fully saturated rings. The van der Waals surface area contributed by atoms with Crippen LogP contribution in [0.2, 0.25) is 0 Å². The molecule has 0 aliphatic rings. The van der Waals surface area contributed by atoms with Gasteiger partial charge in [-0.05, 0) is 131 Å². The van der Waals surface area contributed by atoms with Crippen molar-refractivity contribution in [2.75, 3.05) is 0 Å². The molecule has 0 radical (unpaired) electrons. The molecule has 636 valence electrons. The van der Waals surface area contributed by atoms with Gasteiger partial charge in [-0.25, -0.2) is 34.9 Å². The number of aromatic nitrogens is 13. The molecule has 12 heterocycles. The summed E-state index contributed by atoms with van der Waals surface area (Å²) in [5.74, 6) is 3.87. The number of nitrogens with zero attached hydrogens (tertiary/aromatic N) is 13. The highest BCUT2D eigenvalue weighted by molar-refractivity contribution is 6.20. The fourth-order valence-electron chi connectivity index (χ4n) is 19.0. The lowest BCUT2D eigenvalue weighted by Gasteiger charge is -2.12. The second-order valence-corrected chi connectivity index (χ2v) is 33.5. The Balaban J connectivity index is 0.000000145. The van der Waals surface area contributed by atoms with Gasteiger partial charge in [0, 0.05) is 153 Å². The summed E-state index contributed by atoms with van der Waals surface area (Å²) < 4.78 is 18.4. The van der Waals surface area contributed by atoms with Crippen molar-refractivity contribution in [3.63, 3.8) is 0 Å². The Labute approximate surface area is 780 Å². The molecule has 26 aromatic rings. The predicted molar refractivity (Wildman–Crippen MR) is 548 cm³/mol. The van der Waals surface area contributed by atoms with Crippen molar-refractivity contribution in [2.45, 2.75) is 0 Å². The van der Waals surface area contributed by atoms with Crippen molar-refractivity contribution in [1.29, 1.82) is 0 Å². The third-order valence-electron chi connectivity index (χ3n) is 25.4. The summed E-state index contributed by atoms with van der Waals surface area (Å²) in [6, 6.07) is 144. The van der Waals surface area contributed by atoms with E-state index in [2.05, 4.69) is 310 Å². The quantitative estimate of drug-likeness (QED) is 0.0893. The minimum absolute atomic E-state index is 0.596. The predicted octanol–water partition coefficient (Wildman–Crippen LogP) is 30.0. The molecule has 0 N–H and O–H groups in total. The maximum atomic E-state index is 6.88. The Kier molecular flexibility index (Phi) is 19.8. The summed E-state index contributed by atoms with van der Waals surface area (Å²) >= 11 is 0. The molecule has 0 aliphatic heterocycles. The molecule has 15 nitrogen and oxygen atoms in total. The number of hydrogen-bond donors (Lipinski definition) is 0. The monoisotopic (exact) mass is 1740 g/mol. The molecule has 0 saturated carbocycles. The average molecular weight is 1740 g/mol. The molecule has 12 aromatic heterocycles. The van der Waals surface area contributed by atoms with Crippen LogP contribution in [0.25, 0.3) is 257 Å². The Morgan fingerprint density at radius 2 is 0.551 bits per heavy atom. The van der Waals surface area contributed by atoms with E-state index in [0.717, 1.165) is 184 Å². The van der Waals surface area contributed by atoms with E-state index in [-0.39, 0.29) is 0 Å². The van der Waals surface area contributed by atoms with Gasteiger partial charge in [-0.2, -0.15) is 0 Å². The number of hydrogen-bond acceptors (Lipinski definition) is 13. The topological polar surface area (TPSA) is 178 Å². The fourth-order valence-corrected chi connectivity index (χ4v) is 19.0. The third kappa shape index (κ3) is 14.4. The SMILES string of the molecule is c1ccc(-c2nc(-c3ccc(-c4ccc(-c5nc6ccccc6c6c(-c7ccccn7)c(-c7ccccn7)oc56)cc4)cc3)cc(-c3cccc(-n4c5ccccc5c5ccccc54)c3)n2)cc1.c1ccc(-c2nc(-c3ccc(-c4ccc(-c5nc6ccccc6c6c(-c7cccnc7)c(-c7cccnc7)oc56)cc4)cc3)nc(-c3cccc(-n4c5ccccc5c5ccccc54)c3)n2)cc1. The zero-order chi connectivity index (χ0) is 89.9. The van der Waals surface area contributed by atoms with Crippen molar-refractivity contribution < 1.29 is 8.83 Å². The molecule has 0 aliphatic carbocycles. The fraction of sp³-hybridized carbons (Fsp3) is 0. The van der Waals surface area contributed by atoms with Crippen LogP contribution in [-0.2, 0) is 0 Å². The minimum atomic E-state index is 0.596. The third-order valence-corrected chi connectivity index (χ3v) is 25.4. The van der Waals surface area contributed by atoms with Crippen LogP contribution < -0.4 is 0 Å². The molecule has 136 heavy (non-hydrogen) atoms. The van der Waals surface area contributed by atoms with Crippen molar-refractivity contribution >= 4 is 87.4 Å². The number of benzene rings is 14. The molecular weight excluding hydrogens is 1670 g/mol. The van der Waals surface area contributed by atoms with Gasteiger partial charge in [0.2, 0.25) is 0 Å². The van der Waals surface area contributed by atoms with Crippen molar-refractivity contribution in [3.05, 3.63) is 456 Å². The second kappa shape index (κ2) is 34.0. The first-order valence-electron chi connectivity index (χ1n) is 45.1. The van der Waals surface area contributed by atoms with E-state index in [1.54, 1.807) is 18.6 Å². The van der Waals surface area contributed by atoms with Crippen LogP contribution in [0.15, 0.2) is 465 Å². The lowest BCUT2D eigenvalue weighted by molar-refractivity contribution is 0.629. The molecule has 0 unspecified atom stereocenters. The number of fused-ring (bicyclic) bond motifs is 12. The summed E-state index contributed by atoms with van der Waals surface area (Å²) in [5, 5.41) is 8.84. The first-order chi connectivity index (χ1) is 67.4. The Morgan fingerprint density at radius 3 is 1.02 bits per heavy atom. The molecule has 0 spiro atoms. The maximum Gasteiger partial charge on any atom is 0.164 e. The number of para-hydroxylation sites is 6. The van der Waals surface area contributed by atoms with E-state index < -0.39 is 0 Å². The van der Waals surface area contributed by atoms with Gasteiger partial charge >= 0.3 is 0 Å². The van der Waals surface area contributed by atoms with Gasteiger partial charge in [0.25, 0.3) is 0 Å². The van der Waals surface area contributed by atoms with Gasteiger partial charge < -0.3 is 18.0 Å². The molecule has 26 rings (SSSR count). The lowest BCUT2D eigenvalue weighted by atomic mass is 9.96. The van der Waals surface area contributed by atoms with Gasteiger partial charge in [-0.3, -0.25) is 19.9 Å². The molecule has 0 amide bonds. The first kappa shape index (κ1) is 79.4. The standard InChI is InChI=1S/C61H38N6O.C60H37N7O/c1-2-15-43(16-3-1)61-65-52(38-53(66-61)44-17-14-18-45(37-44)67-54-25-8-5-19-46(54)47-20-6-9-26-55(47)67)41-31-27-39(28-32-41)40-29-33-42(34-30-40)58-60-56(48-21-4-7-22-49(48)64-58)57(50-23-10-12-35-62-50)59(68-60)51-24-11-13-36-63-51;1-2-13-41(14-3-1)58-64-59(66-60(65-58)43-15-10-18-46(35-43)67-51-23-8-5-19-47(51)48-20-6-9-24-52(48)67)42-31-27-39(28-32-42)38-25-29-40(30-26-38)55-57-54(49-21-4-7-22-50(49)63-55)53(44-16-11-33-61-36-44)56(68-57)45-17-12-34-62-37-45/h1-38H;1-37H. The molecule has 15 heteroatoms. The van der Waals surface area contributed by atoms with Crippen molar-refractivity contribution in [2.24, 2.45) is 0 Å². The van der Waals surface area contributed by atoms with Gasteiger partial charge in [-0.15, -0.1) is 0 Å². The van der Waals surface area contributed by atoms with Crippen molar-refractivity contribution in [1.82, 2.24) is 64.0 Å². The molecule has 14 aromatic carbocycles. The van der Waals surface area contributed by atoms with Gasteiger partial charge in [0.05, 0.1) is 55.7 Å². The highest BCUT2D eigenvalue weighted by atomic mass is 16.3. The van der Waals surface area contributed by atoms with E-state index in [0.29, 0.717) is 40.2 Å². The minimum Gasteiger partial charge on any atom is -0.453 e. The van der Waals surface area contributed by atoms with Gasteiger partial charge in [0.15, 0.2) is 40.2 Å². The highest BCUT2D eigenvalue weighted by Gasteiger charge is 2.29. The molecule has 0 saturated heterocycles. The van der Waals surface area contributed by atoms with Crippen LogP contribution in [0.3, 0.4) is 0 Å². The van der Waals surface area contributed by atoms with E-state index in [4.69, 9.17) is 53.7 Å². The lowest BCUT2D eigenvalue weighted by Crippen LogP contribution is -2.01. The van der Waals surface area contributed by atoms with Crippen molar-refractivity contribution in [3.8, 4) is 169 Å². The Morgan fingerprint density at radius 1 is 0.199 bits per heavy atom. The van der Waals surface area contributed by atoms with Gasteiger partial charge in [-0.1, -0.05) is 309 Å². The molecular formula is C121H75N13O2. The summed E-state index contributed by atoms with van der Waals surface area (Å²) in [6.45, 7) is 0. The van der Waals surface area contributed by atoms with Crippen LogP contribution in [-0.4, -0.2) is 64.0 Å². The second-order valence-electron chi connectivity index (χ2n) is 33.5. The van der Waals surface area contributed by atoms with Crippen LogP contribution in [0.1, 0.15) is 0 Å². The largest absolute Gasteiger partial charge is 0.453 e. The van der Waals surface area contributed by atoms with E-state index in [1.165, 1.54) is 32.6 Å². The van der Waals surface area contributed by atoms with Crippen LogP contribution in [0.4, 0.5) is 0 Å². The highest BCUT2D eigenvalue weighted by Crippen LogP contribution is 2.50. The van der Waals surface area contributed by atoms with Crippen LogP contribution in [0.5, 0.6) is 0 Å². The summed E-state index contributed by atoms with van der Waals surface area (Å²) in [4.78, 5) is 54.4. The summed E-state index contributed by atoms with van der Waals surface area (Å²) in [5.41, 5.74) is 30.2. The number of rotatable bonds is 16. The smallest absolute Gasteiger partial charge is 0.164 e. The van der Waals surface area contributed by atoms with E-state index in [1.807, 2.05) is 146 Å². The molecule has 0 atom stereocenters. The Bertz CT molecular complexity index is 8420.